The predicted octanol–water partition coefficient (Wildman–Crippen LogP) is 3.49. The molecule has 0 amide bonds. The Balaban J connectivity index is 2.95. The second-order valence-corrected chi connectivity index (χ2v) is 5.06. The molecule has 0 aliphatic rings. The lowest BCUT2D eigenvalue weighted by Gasteiger charge is -2.22. The van der Waals surface area contributed by atoms with E-state index in [2.05, 4.69) is 41.8 Å². The molecule has 0 fully saturated rings. The maximum atomic E-state index is 6.35. The van der Waals surface area contributed by atoms with Crippen molar-refractivity contribution >= 4 is 15.9 Å². The molecule has 16 heavy (non-hydrogen) atoms. The van der Waals surface area contributed by atoms with Crippen molar-refractivity contribution in [2.45, 2.75) is 52.6 Å². The summed E-state index contributed by atoms with van der Waals surface area (Å²) in [5.41, 5.74) is 7.49. The maximum absolute atomic E-state index is 6.35. The van der Waals surface area contributed by atoms with E-state index in [-0.39, 0.29) is 6.04 Å². The number of hydrogen-bond acceptors (Lipinski definition) is 2. The van der Waals surface area contributed by atoms with Crippen LogP contribution in [-0.4, -0.2) is 9.78 Å². The first-order valence-corrected chi connectivity index (χ1v) is 6.91. The van der Waals surface area contributed by atoms with Crippen molar-refractivity contribution in [1.82, 2.24) is 9.78 Å². The highest BCUT2D eigenvalue weighted by Crippen LogP contribution is 2.30. The normalized spacial score (nSPS) is 13.4. The first-order chi connectivity index (χ1) is 7.65. The summed E-state index contributed by atoms with van der Waals surface area (Å²) in [6, 6.07) is 0.0819. The molecule has 3 nitrogen and oxygen atoms in total. The van der Waals surface area contributed by atoms with Gasteiger partial charge in [0.05, 0.1) is 22.4 Å². The molecule has 1 atom stereocenters. The molecule has 1 rings (SSSR count). The lowest BCUT2D eigenvalue weighted by atomic mass is 9.92. The summed E-state index contributed by atoms with van der Waals surface area (Å²) in [7, 11) is 0. The van der Waals surface area contributed by atoms with Crippen molar-refractivity contribution in [2.75, 3.05) is 0 Å². The van der Waals surface area contributed by atoms with Gasteiger partial charge >= 0.3 is 0 Å². The Kier molecular flexibility index (Phi) is 5.49. The minimum absolute atomic E-state index is 0.0819. The van der Waals surface area contributed by atoms with Crippen LogP contribution in [0.15, 0.2) is 10.7 Å². The van der Waals surface area contributed by atoms with E-state index in [0.717, 1.165) is 36.0 Å². The molecule has 0 aliphatic heterocycles. The first-order valence-electron chi connectivity index (χ1n) is 6.12. The van der Waals surface area contributed by atoms with E-state index >= 15 is 0 Å². The molecule has 1 aromatic heterocycles. The zero-order valence-electron chi connectivity index (χ0n) is 10.4. The number of rotatable bonds is 6. The van der Waals surface area contributed by atoms with Gasteiger partial charge in [0.2, 0.25) is 0 Å². The van der Waals surface area contributed by atoms with Crippen LogP contribution in [0.5, 0.6) is 0 Å². The summed E-state index contributed by atoms with van der Waals surface area (Å²) in [5, 5.41) is 4.37. The summed E-state index contributed by atoms with van der Waals surface area (Å²) in [4.78, 5) is 0. The second kappa shape index (κ2) is 6.40. The van der Waals surface area contributed by atoms with Crippen molar-refractivity contribution in [1.29, 1.82) is 0 Å². The minimum Gasteiger partial charge on any atom is -0.322 e. The van der Waals surface area contributed by atoms with E-state index < -0.39 is 0 Å². The smallest absolute Gasteiger partial charge is 0.0696 e. The molecule has 0 spiro atoms. The monoisotopic (exact) mass is 287 g/mol. The van der Waals surface area contributed by atoms with E-state index in [9.17, 15) is 0 Å². The van der Waals surface area contributed by atoms with Crippen LogP contribution in [-0.2, 0) is 6.54 Å². The van der Waals surface area contributed by atoms with Gasteiger partial charge in [-0.2, -0.15) is 5.10 Å². The molecular weight excluding hydrogens is 266 g/mol. The third-order valence-corrected chi connectivity index (χ3v) is 3.75. The summed E-state index contributed by atoms with van der Waals surface area (Å²) in [6.07, 6.45) is 5.16. The molecular formula is C12H22BrN3. The fraction of sp³-hybridized carbons (Fsp3) is 0.750. The van der Waals surface area contributed by atoms with Gasteiger partial charge < -0.3 is 5.73 Å². The van der Waals surface area contributed by atoms with Gasteiger partial charge in [-0.3, -0.25) is 4.68 Å². The van der Waals surface area contributed by atoms with E-state index in [1.54, 1.807) is 0 Å². The van der Waals surface area contributed by atoms with Crippen LogP contribution in [0.2, 0.25) is 0 Å². The first kappa shape index (κ1) is 13.7. The lowest BCUT2D eigenvalue weighted by Crippen LogP contribution is -2.24. The summed E-state index contributed by atoms with van der Waals surface area (Å²) >= 11 is 3.55. The highest BCUT2D eigenvalue weighted by Gasteiger charge is 2.22. The molecule has 4 heteroatoms. The number of aromatic nitrogens is 2. The molecule has 1 unspecified atom stereocenters. The van der Waals surface area contributed by atoms with Crippen LogP contribution in [0.1, 0.15) is 51.8 Å². The number of hydrogen-bond donors (Lipinski definition) is 1. The molecule has 0 aliphatic carbocycles. The molecule has 2 N–H and O–H groups in total. The van der Waals surface area contributed by atoms with E-state index in [1.807, 2.05) is 10.9 Å². The topological polar surface area (TPSA) is 43.8 Å². The number of nitrogens with zero attached hydrogens (tertiary/aromatic N) is 2. The minimum atomic E-state index is 0.0819. The fourth-order valence-corrected chi connectivity index (χ4v) is 2.67. The molecule has 0 aromatic carbocycles. The van der Waals surface area contributed by atoms with Gasteiger partial charge in [0, 0.05) is 6.54 Å². The highest BCUT2D eigenvalue weighted by atomic mass is 79.9. The van der Waals surface area contributed by atoms with Crippen molar-refractivity contribution in [3.8, 4) is 0 Å². The van der Waals surface area contributed by atoms with Crippen LogP contribution in [0, 0.1) is 5.92 Å². The van der Waals surface area contributed by atoms with E-state index in [1.165, 1.54) is 0 Å². The van der Waals surface area contributed by atoms with Crippen molar-refractivity contribution in [2.24, 2.45) is 11.7 Å². The van der Waals surface area contributed by atoms with E-state index in [0.29, 0.717) is 5.92 Å². The van der Waals surface area contributed by atoms with Crippen LogP contribution in [0.4, 0.5) is 0 Å². The third-order valence-electron chi connectivity index (χ3n) is 3.14. The van der Waals surface area contributed by atoms with Gasteiger partial charge in [0.25, 0.3) is 0 Å². The Bertz CT molecular complexity index is 318. The van der Waals surface area contributed by atoms with Crippen LogP contribution in [0.25, 0.3) is 0 Å². The average molecular weight is 288 g/mol. The number of halogens is 1. The highest BCUT2D eigenvalue weighted by molar-refractivity contribution is 9.10. The quantitative estimate of drug-likeness (QED) is 0.870. The number of aryl methyl sites for hydroxylation is 1. The van der Waals surface area contributed by atoms with Crippen LogP contribution in [0.3, 0.4) is 0 Å². The second-order valence-electron chi connectivity index (χ2n) is 4.20. The summed E-state index contributed by atoms with van der Waals surface area (Å²) in [6.45, 7) is 7.49. The zero-order chi connectivity index (χ0) is 12.1. The molecule has 0 bridgehead atoms. The van der Waals surface area contributed by atoms with Gasteiger partial charge in [-0.1, -0.05) is 33.6 Å². The largest absolute Gasteiger partial charge is 0.322 e. The van der Waals surface area contributed by atoms with Gasteiger partial charge in [-0.15, -0.1) is 0 Å². The molecule has 92 valence electrons. The number of nitrogens with two attached hydrogens (primary N) is 1. The molecule has 0 radical (unpaired) electrons. The molecule has 0 saturated carbocycles. The Morgan fingerprint density at radius 3 is 2.50 bits per heavy atom. The average Bonchev–Trinajstić information content (AvgIpc) is 2.62. The van der Waals surface area contributed by atoms with Crippen molar-refractivity contribution in [3.05, 3.63) is 16.4 Å². The molecule has 0 saturated heterocycles. The summed E-state index contributed by atoms with van der Waals surface area (Å²) < 4.78 is 3.08. The van der Waals surface area contributed by atoms with Crippen LogP contribution < -0.4 is 5.73 Å². The van der Waals surface area contributed by atoms with E-state index in [4.69, 9.17) is 5.73 Å². The molecule has 1 heterocycles. The Morgan fingerprint density at radius 2 is 2.00 bits per heavy atom. The SMILES string of the molecule is CCCn1ncc(Br)c1C(N)C(CC)CC. The van der Waals surface area contributed by atoms with Gasteiger partial charge in [-0.05, 0) is 28.3 Å². The Labute approximate surface area is 107 Å². The molecule has 1 aromatic rings. The predicted molar refractivity (Wildman–Crippen MR) is 71.2 cm³/mol. The standard InChI is InChI=1S/C12H22BrN3/c1-4-7-16-12(10(13)8-15-16)11(14)9(5-2)6-3/h8-9,11H,4-7,14H2,1-3H3. The third kappa shape index (κ3) is 2.86. The zero-order valence-corrected chi connectivity index (χ0v) is 12.0. The Morgan fingerprint density at radius 1 is 1.38 bits per heavy atom. The maximum Gasteiger partial charge on any atom is 0.0696 e. The summed E-state index contributed by atoms with van der Waals surface area (Å²) in [5.74, 6) is 0.531. The van der Waals surface area contributed by atoms with Gasteiger partial charge in [-0.25, -0.2) is 0 Å². The van der Waals surface area contributed by atoms with Crippen molar-refractivity contribution < 1.29 is 0 Å². The lowest BCUT2D eigenvalue weighted by molar-refractivity contribution is 0.379. The van der Waals surface area contributed by atoms with Crippen molar-refractivity contribution in [3.63, 3.8) is 0 Å². The fourth-order valence-electron chi connectivity index (χ4n) is 2.11. The van der Waals surface area contributed by atoms with Crippen LogP contribution >= 0.6 is 15.9 Å². The van der Waals surface area contributed by atoms with Gasteiger partial charge in [0.1, 0.15) is 0 Å². The van der Waals surface area contributed by atoms with Gasteiger partial charge in [0.15, 0.2) is 0 Å². The Hall–Kier alpha value is -0.350.